The molecule has 0 aliphatic carbocycles. The lowest BCUT2D eigenvalue weighted by Crippen LogP contribution is -1.99. The first-order chi connectivity index (χ1) is 8.84. The molecule has 2 rings (SSSR count). The van der Waals surface area contributed by atoms with Crippen LogP contribution in [0.1, 0.15) is 11.8 Å². The van der Waals surface area contributed by atoms with E-state index in [9.17, 15) is 0 Å². The highest BCUT2D eigenvalue weighted by molar-refractivity contribution is 6.66. The molecular formula is C11H9Cl3N2O3. The van der Waals surface area contributed by atoms with E-state index in [0.29, 0.717) is 0 Å². The van der Waals surface area contributed by atoms with Gasteiger partial charge < -0.3 is 14.6 Å². The summed E-state index contributed by atoms with van der Waals surface area (Å²) in [7, 11) is 0. The molecule has 8 heteroatoms. The maximum atomic E-state index is 8.67. The Bertz CT molecular complexity index is 531. The fourth-order valence-electron chi connectivity index (χ4n) is 0.896. The smallest absolute Gasteiger partial charge is 0.268 e. The van der Waals surface area contributed by atoms with Crippen molar-refractivity contribution in [2.45, 2.75) is 3.79 Å². The Hall–Kier alpha value is -1.43. The molecule has 1 aromatic heterocycles. The van der Waals surface area contributed by atoms with Crippen LogP contribution in [0.3, 0.4) is 0 Å². The highest BCUT2D eigenvalue weighted by atomic mass is 35.6. The first-order valence-corrected chi connectivity index (χ1v) is 5.98. The molecule has 2 aromatic rings. The molecule has 102 valence electrons. The lowest BCUT2D eigenvalue weighted by Gasteiger charge is -2.01. The maximum absolute atomic E-state index is 8.67. The van der Waals surface area contributed by atoms with Crippen LogP contribution in [0.5, 0.6) is 11.5 Å². The van der Waals surface area contributed by atoms with E-state index in [4.69, 9.17) is 49.4 Å². The van der Waals surface area contributed by atoms with E-state index in [1.807, 2.05) is 0 Å². The number of phenols is 2. The standard InChI is InChI=1S/C6H6O2.C5H3Cl3N2O/c7-5-3-1-2-4-6(5)8;1-2-3-9-10-4(11-3)5(6,7)8/h1-4,7-8H;2H,1H2. The summed E-state index contributed by atoms with van der Waals surface area (Å²) in [6.45, 7) is 3.40. The Labute approximate surface area is 124 Å². The number of alkyl halides is 3. The molecule has 0 spiro atoms. The maximum Gasteiger partial charge on any atom is 0.268 e. The summed E-state index contributed by atoms with van der Waals surface area (Å²) in [6.07, 6.45) is 1.37. The minimum Gasteiger partial charge on any atom is -0.504 e. The first kappa shape index (κ1) is 15.6. The van der Waals surface area contributed by atoms with Crippen molar-refractivity contribution in [2.75, 3.05) is 0 Å². The molecule has 0 unspecified atom stereocenters. The molecule has 0 amide bonds. The van der Waals surface area contributed by atoms with Crippen LogP contribution in [-0.4, -0.2) is 20.4 Å². The third kappa shape index (κ3) is 4.98. The Morgan fingerprint density at radius 2 is 1.63 bits per heavy atom. The lowest BCUT2D eigenvalue weighted by molar-refractivity contribution is 0.404. The molecule has 0 aliphatic rings. The molecule has 1 aromatic carbocycles. The molecule has 0 aliphatic heterocycles. The Morgan fingerprint density at radius 3 is 1.89 bits per heavy atom. The predicted molar refractivity (Wildman–Crippen MR) is 73.4 cm³/mol. The van der Waals surface area contributed by atoms with Gasteiger partial charge >= 0.3 is 0 Å². The van der Waals surface area contributed by atoms with Gasteiger partial charge in [0.2, 0.25) is 5.89 Å². The normalized spacial score (nSPS) is 10.5. The Kier molecular flexibility index (Phi) is 5.47. The molecule has 5 nitrogen and oxygen atoms in total. The SMILES string of the molecule is C=Cc1nnc(C(Cl)(Cl)Cl)o1.Oc1ccccc1O. The van der Waals surface area contributed by atoms with Crippen LogP contribution in [0.2, 0.25) is 0 Å². The zero-order chi connectivity index (χ0) is 14.5. The van der Waals surface area contributed by atoms with Gasteiger partial charge in [0.1, 0.15) is 0 Å². The molecule has 0 atom stereocenters. The summed E-state index contributed by atoms with van der Waals surface area (Å²) in [5, 5.41) is 24.3. The number of hydrogen-bond acceptors (Lipinski definition) is 5. The quantitative estimate of drug-likeness (QED) is 0.619. The predicted octanol–water partition coefficient (Wildman–Crippen LogP) is 3.64. The van der Waals surface area contributed by atoms with Crippen LogP contribution in [0, 0.1) is 0 Å². The molecule has 0 saturated carbocycles. The molecule has 19 heavy (non-hydrogen) atoms. The van der Waals surface area contributed by atoms with Crippen molar-refractivity contribution in [1.82, 2.24) is 10.2 Å². The van der Waals surface area contributed by atoms with Gasteiger partial charge in [-0.1, -0.05) is 53.5 Å². The summed E-state index contributed by atoms with van der Waals surface area (Å²) in [5.41, 5.74) is 0. The number of aromatic hydroxyl groups is 2. The summed E-state index contributed by atoms with van der Waals surface area (Å²) < 4.78 is 3.20. The van der Waals surface area contributed by atoms with Crippen molar-refractivity contribution in [1.29, 1.82) is 0 Å². The van der Waals surface area contributed by atoms with E-state index < -0.39 is 3.79 Å². The fourth-order valence-corrected chi connectivity index (χ4v) is 1.12. The number of phenolic OH excluding ortho intramolecular Hbond substituents is 2. The van der Waals surface area contributed by atoms with Crippen molar-refractivity contribution in [2.24, 2.45) is 0 Å². The van der Waals surface area contributed by atoms with Crippen LogP contribution in [-0.2, 0) is 3.79 Å². The van der Waals surface area contributed by atoms with E-state index in [1.165, 1.54) is 18.2 Å². The van der Waals surface area contributed by atoms with Crippen LogP contribution in [0.4, 0.5) is 0 Å². The van der Waals surface area contributed by atoms with Gasteiger partial charge in [-0.3, -0.25) is 0 Å². The van der Waals surface area contributed by atoms with Gasteiger partial charge in [0.05, 0.1) is 0 Å². The third-order valence-corrected chi connectivity index (χ3v) is 2.22. The molecule has 0 fully saturated rings. The zero-order valence-electron chi connectivity index (χ0n) is 9.42. The number of hydrogen-bond donors (Lipinski definition) is 2. The van der Waals surface area contributed by atoms with Crippen LogP contribution >= 0.6 is 34.8 Å². The highest BCUT2D eigenvalue weighted by Gasteiger charge is 2.29. The monoisotopic (exact) mass is 322 g/mol. The number of halogens is 3. The largest absolute Gasteiger partial charge is 0.504 e. The molecular weight excluding hydrogens is 314 g/mol. The van der Waals surface area contributed by atoms with Gasteiger partial charge in [-0.15, -0.1) is 10.2 Å². The van der Waals surface area contributed by atoms with Crippen LogP contribution in [0.15, 0.2) is 35.3 Å². The van der Waals surface area contributed by atoms with Gasteiger partial charge in [0, 0.05) is 0 Å². The second-order valence-electron chi connectivity index (χ2n) is 3.14. The van der Waals surface area contributed by atoms with Crippen molar-refractivity contribution in [3.63, 3.8) is 0 Å². The summed E-state index contributed by atoms with van der Waals surface area (Å²) >= 11 is 16.3. The average molecular weight is 324 g/mol. The minimum atomic E-state index is -1.66. The third-order valence-electron chi connectivity index (χ3n) is 1.74. The van der Waals surface area contributed by atoms with Crippen molar-refractivity contribution >= 4 is 40.9 Å². The van der Waals surface area contributed by atoms with E-state index in [0.717, 1.165) is 0 Å². The summed E-state index contributed by atoms with van der Waals surface area (Å²) in [4.78, 5) is 0. The fraction of sp³-hybridized carbons (Fsp3) is 0.0909. The second kappa shape index (κ2) is 6.65. The van der Waals surface area contributed by atoms with E-state index >= 15 is 0 Å². The molecule has 2 N–H and O–H groups in total. The minimum absolute atomic E-state index is 0.0580. The second-order valence-corrected chi connectivity index (χ2v) is 5.42. The number of nitrogens with zero attached hydrogens (tertiary/aromatic N) is 2. The van der Waals surface area contributed by atoms with E-state index in [1.54, 1.807) is 12.1 Å². The van der Waals surface area contributed by atoms with Gasteiger partial charge in [-0.2, -0.15) is 0 Å². The van der Waals surface area contributed by atoms with Crippen LogP contribution < -0.4 is 0 Å². The summed E-state index contributed by atoms with van der Waals surface area (Å²) in [5.74, 6) is 0.0173. The Balaban J connectivity index is 0.000000200. The molecule has 1 heterocycles. The van der Waals surface area contributed by atoms with Gasteiger partial charge in [0.15, 0.2) is 11.5 Å². The number of rotatable bonds is 1. The average Bonchev–Trinajstić information content (AvgIpc) is 2.82. The van der Waals surface area contributed by atoms with Gasteiger partial charge in [0.25, 0.3) is 9.68 Å². The Morgan fingerprint density at radius 1 is 1.11 bits per heavy atom. The molecule has 0 saturated heterocycles. The molecule has 0 radical (unpaired) electrons. The lowest BCUT2D eigenvalue weighted by atomic mass is 10.3. The van der Waals surface area contributed by atoms with E-state index in [2.05, 4.69) is 16.8 Å². The first-order valence-electron chi connectivity index (χ1n) is 4.84. The zero-order valence-corrected chi connectivity index (χ0v) is 11.7. The van der Waals surface area contributed by atoms with Crippen molar-refractivity contribution in [3.05, 3.63) is 42.6 Å². The number of para-hydroxylation sites is 2. The van der Waals surface area contributed by atoms with Gasteiger partial charge in [-0.25, -0.2) is 0 Å². The van der Waals surface area contributed by atoms with Crippen molar-refractivity contribution < 1.29 is 14.6 Å². The van der Waals surface area contributed by atoms with Crippen LogP contribution in [0.25, 0.3) is 6.08 Å². The summed E-state index contributed by atoms with van der Waals surface area (Å²) in [6, 6.07) is 6.15. The highest BCUT2D eigenvalue weighted by Crippen LogP contribution is 2.36. The molecule has 0 bridgehead atoms. The number of aromatic nitrogens is 2. The van der Waals surface area contributed by atoms with Gasteiger partial charge in [-0.05, 0) is 18.2 Å². The van der Waals surface area contributed by atoms with Crippen molar-refractivity contribution in [3.8, 4) is 11.5 Å². The van der Waals surface area contributed by atoms with E-state index in [-0.39, 0.29) is 23.3 Å². The number of benzene rings is 1. The topological polar surface area (TPSA) is 79.4 Å².